The topological polar surface area (TPSA) is 52.0 Å². The highest BCUT2D eigenvalue weighted by molar-refractivity contribution is 5.38. The first-order chi connectivity index (χ1) is 9.11. The lowest BCUT2D eigenvalue weighted by Gasteiger charge is -2.17. The van der Waals surface area contributed by atoms with E-state index >= 15 is 0 Å². The molecule has 0 saturated carbocycles. The Hall–Kier alpha value is -1.88. The molecule has 0 radical (unpaired) electrons. The zero-order chi connectivity index (χ0) is 13.8. The molecule has 0 bridgehead atoms. The molecule has 0 aliphatic rings. The van der Waals surface area contributed by atoms with Gasteiger partial charge in [-0.15, -0.1) is 10.2 Å². The number of aryl methyl sites for hydroxylation is 2. The van der Waals surface area contributed by atoms with E-state index in [2.05, 4.69) is 41.5 Å². The van der Waals surface area contributed by atoms with Gasteiger partial charge in [0.25, 0.3) is 0 Å². The summed E-state index contributed by atoms with van der Waals surface area (Å²) in [6.45, 7) is 4.88. The number of rotatable bonds is 5. The van der Waals surface area contributed by atoms with Crippen molar-refractivity contribution in [2.75, 3.05) is 7.11 Å². The minimum Gasteiger partial charge on any atom is -0.496 e. The normalized spacial score (nSPS) is 12.4. The van der Waals surface area contributed by atoms with Gasteiger partial charge < -0.3 is 14.6 Å². The molecule has 0 aliphatic heterocycles. The average molecular weight is 260 g/mol. The van der Waals surface area contributed by atoms with Crippen LogP contribution in [-0.4, -0.2) is 21.9 Å². The van der Waals surface area contributed by atoms with Gasteiger partial charge in [0.05, 0.1) is 13.7 Å². The van der Waals surface area contributed by atoms with E-state index in [1.807, 2.05) is 17.7 Å². The number of aromatic nitrogens is 3. The van der Waals surface area contributed by atoms with Crippen LogP contribution in [0.4, 0.5) is 0 Å². The van der Waals surface area contributed by atoms with Gasteiger partial charge in [0, 0.05) is 18.7 Å². The van der Waals surface area contributed by atoms with Crippen LogP contribution in [0.1, 0.15) is 29.9 Å². The van der Waals surface area contributed by atoms with Crippen molar-refractivity contribution < 1.29 is 4.74 Å². The number of ether oxygens (including phenoxy) is 1. The summed E-state index contributed by atoms with van der Waals surface area (Å²) in [5.41, 5.74) is 2.38. The molecule has 0 amide bonds. The Kier molecular flexibility index (Phi) is 4.16. The third kappa shape index (κ3) is 3.12. The van der Waals surface area contributed by atoms with E-state index in [1.54, 1.807) is 13.4 Å². The summed E-state index contributed by atoms with van der Waals surface area (Å²) < 4.78 is 7.32. The van der Waals surface area contributed by atoms with Gasteiger partial charge in [0.15, 0.2) is 0 Å². The van der Waals surface area contributed by atoms with Crippen molar-refractivity contribution in [2.24, 2.45) is 7.05 Å². The second-order valence-corrected chi connectivity index (χ2v) is 4.71. The monoisotopic (exact) mass is 260 g/mol. The van der Waals surface area contributed by atoms with Crippen LogP contribution in [0.15, 0.2) is 24.5 Å². The summed E-state index contributed by atoms with van der Waals surface area (Å²) >= 11 is 0. The lowest BCUT2D eigenvalue weighted by atomic mass is 10.0. The van der Waals surface area contributed by atoms with Crippen LogP contribution in [0.5, 0.6) is 5.75 Å². The summed E-state index contributed by atoms with van der Waals surface area (Å²) in [4.78, 5) is 0. The zero-order valence-electron chi connectivity index (χ0n) is 11.8. The Morgan fingerprint density at radius 1 is 1.42 bits per heavy atom. The minimum atomic E-state index is 0.187. The fourth-order valence-corrected chi connectivity index (χ4v) is 2.01. The molecule has 1 N–H and O–H groups in total. The molecule has 0 aliphatic carbocycles. The summed E-state index contributed by atoms with van der Waals surface area (Å²) in [7, 11) is 3.64. The number of nitrogens with zero attached hydrogens (tertiary/aromatic N) is 3. The van der Waals surface area contributed by atoms with Crippen LogP contribution < -0.4 is 10.1 Å². The Bertz CT molecular complexity index is 550. The van der Waals surface area contributed by atoms with E-state index in [0.29, 0.717) is 6.54 Å². The maximum Gasteiger partial charge on any atom is 0.146 e. The van der Waals surface area contributed by atoms with Gasteiger partial charge in [-0.25, -0.2) is 0 Å². The number of hydrogen-bond acceptors (Lipinski definition) is 4. The first kappa shape index (κ1) is 13.5. The van der Waals surface area contributed by atoms with Crippen molar-refractivity contribution in [1.82, 2.24) is 20.1 Å². The van der Waals surface area contributed by atoms with Crippen molar-refractivity contribution >= 4 is 0 Å². The second-order valence-electron chi connectivity index (χ2n) is 4.71. The van der Waals surface area contributed by atoms with Crippen LogP contribution in [-0.2, 0) is 13.6 Å². The number of methoxy groups -OCH3 is 1. The van der Waals surface area contributed by atoms with Crippen LogP contribution in [0, 0.1) is 6.92 Å². The van der Waals surface area contributed by atoms with Gasteiger partial charge in [-0.3, -0.25) is 0 Å². The quantitative estimate of drug-likeness (QED) is 0.893. The van der Waals surface area contributed by atoms with E-state index in [9.17, 15) is 0 Å². The smallest absolute Gasteiger partial charge is 0.146 e. The largest absolute Gasteiger partial charge is 0.496 e. The molecule has 2 rings (SSSR count). The molecule has 1 unspecified atom stereocenters. The Morgan fingerprint density at radius 2 is 2.21 bits per heavy atom. The van der Waals surface area contributed by atoms with E-state index in [-0.39, 0.29) is 6.04 Å². The Balaban J connectivity index is 2.09. The molecule has 1 heterocycles. The lowest BCUT2D eigenvalue weighted by molar-refractivity contribution is 0.400. The molecule has 0 saturated heterocycles. The second kappa shape index (κ2) is 5.84. The molecular formula is C14H20N4O. The molecular weight excluding hydrogens is 240 g/mol. The van der Waals surface area contributed by atoms with E-state index in [1.165, 1.54) is 5.56 Å². The predicted octanol–water partition coefficient (Wildman–Crippen LogP) is 1.98. The van der Waals surface area contributed by atoms with Crippen LogP contribution >= 0.6 is 0 Å². The average Bonchev–Trinajstić information content (AvgIpc) is 2.81. The first-order valence-electron chi connectivity index (χ1n) is 6.32. The van der Waals surface area contributed by atoms with Gasteiger partial charge in [-0.1, -0.05) is 17.7 Å². The van der Waals surface area contributed by atoms with E-state index in [0.717, 1.165) is 17.1 Å². The number of benzene rings is 1. The summed E-state index contributed by atoms with van der Waals surface area (Å²) in [5.74, 6) is 1.82. The van der Waals surface area contributed by atoms with Gasteiger partial charge in [0.1, 0.15) is 17.9 Å². The summed E-state index contributed by atoms with van der Waals surface area (Å²) in [5, 5.41) is 11.4. The van der Waals surface area contributed by atoms with Crippen LogP contribution in [0.2, 0.25) is 0 Å². The van der Waals surface area contributed by atoms with Crippen molar-refractivity contribution in [3.63, 3.8) is 0 Å². The summed E-state index contributed by atoms with van der Waals surface area (Å²) in [6, 6.07) is 6.39. The molecule has 2 aromatic rings. The predicted molar refractivity (Wildman–Crippen MR) is 74.0 cm³/mol. The molecule has 5 nitrogen and oxygen atoms in total. The highest BCUT2D eigenvalue weighted by Gasteiger charge is 2.12. The van der Waals surface area contributed by atoms with E-state index < -0.39 is 0 Å². The number of nitrogens with one attached hydrogen (secondary N) is 1. The highest BCUT2D eigenvalue weighted by Crippen LogP contribution is 2.26. The van der Waals surface area contributed by atoms with Gasteiger partial charge in [0.2, 0.25) is 0 Å². The number of hydrogen-bond donors (Lipinski definition) is 1. The maximum absolute atomic E-state index is 5.41. The van der Waals surface area contributed by atoms with Crippen molar-refractivity contribution in [2.45, 2.75) is 26.4 Å². The van der Waals surface area contributed by atoms with Crippen molar-refractivity contribution in [3.05, 3.63) is 41.5 Å². The zero-order valence-corrected chi connectivity index (χ0v) is 11.8. The molecule has 0 fully saturated rings. The maximum atomic E-state index is 5.41. The SMILES string of the molecule is COc1ccc(C)cc1C(C)NCc1nncn1C. The third-order valence-corrected chi connectivity index (χ3v) is 3.22. The lowest BCUT2D eigenvalue weighted by Crippen LogP contribution is -2.20. The van der Waals surface area contributed by atoms with Gasteiger partial charge in [-0.2, -0.15) is 0 Å². The van der Waals surface area contributed by atoms with Gasteiger partial charge in [-0.05, 0) is 19.9 Å². The van der Waals surface area contributed by atoms with Crippen molar-refractivity contribution in [3.8, 4) is 5.75 Å². The van der Waals surface area contributed by atoms with Crippen molar-refractivity contribution in [1.29, 1.82) is 0 Å². The minimum absolute atomic E-state index is 0.187. The molecule has 1 aromatic heterocycles. The Morgan fingerprint density at radius 3 is 2.84 bits per heavy atom. The molecule has 0 spiro atoms. The molecule has 5 heteroatoms. The van der Waals surface area contributed by atoms with E-state index in [4.69, 9.17) is 4.74 Å². The highest BCUT2D eigenvalue weighted by atomic mass is 16.5. The molecule has 102 valence electrons. The van der Waals surface area contributed by atoms with Crippen LogP contribution in [0.25, 0.3) is 0 Å². The van der Waals surface area contributed by atoms with Gasteiger partial charge >= 0.3 is 0 Å². The Labute approximate surface area is 113 Å². The fraction of sp³-hybridized carbons (Fsp3) is 0.429. The standard InChI is InChI=1S/C14H20N4O/c1-10-5-6-13(19-4)12(7-10)11(2)15-8-14-17-16-9-18(14)3/h5-7,9,11,15H,8H2,1-4H3. The fourth-order valence-electron chi connectivity index (χ4n) is 2.01. The molecule has 1 aromatic carbocycles. The van der Waals surface area contributed by atoms with Crippen LogP contribution in [0.3, 0.4) is 0 Å². The third-order valence-electron chi connectivity index (χ3n) is 3.22. The summed E-state index contributed by atoms with van der Waals surface area (Å²) in [6.07, 6.45) is 1.70. The molecule has 1 atom stereocenters. The molecule has 19 heavy (non-hydrogen) atoms. The first-order valence-corrected chi connectivity index (χ1v) is 6.32.